The van der Waals surface area contributed by atoms with Crippen LogP contribution in [-0.2, 0) is 21.2 Å². The number of carboxylic acid groups (broad SMARTS) is 1. The molecule has 3 rings (SSSR count). The van der Waals surface area contributed by atoms with Crippen molar-refractivity contribution >= 4 is 34.1 Å². The van der Waals surface area contributed by atoms with Gasteiger partial charge in [-0.2, -0.15) is 4.31 Å². The van der Waals surface area contributed by atoms with E-state index in [1.807, 2.05) is 6.07 Å². The molecule has 0 unspecified atom stereocenters. The molecule has 2 aliphatic heterocycles. The van der Waals surface area contributed by atoms with Crippen LogP contribution in [0.2, 0.25) is 0 Å². The Labute approximate surface area is 136 Å². The first-order valence-corrected chi connectivity index (χ1v) is 8.52. The van der Waals surface area contributed by atoms with Crippen molar-refractivity contribution in [3.8, 4) is 0 Å². The highest BCUT2D eigenvalue weighted by Gasteiger charge is 2.32. The minimum absolute atomic E-state index is 0. The predicted molar refractivity (Wildman–Crippen MR) is 85.0 cm³/mol. The first-order valence-electron chi connectivity index (χ1n) is 7.08. The molecule has 8 heteroatoms. The smallest absolute Gasteiger partial charge is 0.306 e. The topological polar surface area (TPSA) is 86.7 Å². The Morgan fingerprint density at radius 2 is 1.95 bits per heavy atom. The Morgan fingerprint density at radius 3 is 2.59 bits per heavy atom. The standard InChI is InChI=1S/C14H18N2O4S.ClH/c17-14(18)11-4-7-16(8-5-11)21(19,20)12-2-1-10-3-6-15-13(10)9-12;/h1-2,9,11,15H,3-8H2,(H,17,18);1H. The monoisotopic (exact) mass is 346 g/mol. The SMILES string of the molecule is Cl.O=C(O)C1CCN(S(=O)(=O)c2ccc3c(c2)NCC3)CC1. The number of halogens is 1. The summed E-state index contributed by atoms with van der Waals surface area (Å²) in [5, 5.41) is 12.2. The number of hydrogen-bond donors (Lipinski definition) is 2. The maximum Gasteiger partial charge on any atom is 0.306 e. The zero-order valence-corrected chi connectivity index (χ0v) is 13.6. The van der Waals surface area contributed by atoms with Gasteiger partial charge in [-0.15, -0.1) is 12.4 Å². The van der Waals surface area contributed by atoms with E-state index in [0.29, 0.717) is 12.8 Å². The molecule has 2 N–H and O–H groups in total. The normalized spacial score (nSPS) is 19.1. The second-order valence-corrected chi connectivity index (χ2v) is 7.45. The lowest BCUT2D eigenvalue weighted by Crippen LogP contribution is -2.40. The molecular weight excluding hydrogens is 328 g/mol. The van der Waals surface area contributed by atoms with Crippen molar-refractivity contribution in [1.82, 2.24) is 4.31 Å². The third-order valence-electron chi connectivity index (χ3n) is 4.23. The molecule has 2 heterocycles. The Hall–Kier alpha value is -1.31. The average molecular weight is 347 g/mol. The van der Waals surface area contributed by atoms with Gasteiger partial charge in [0.25, 0.3) is 0 Å². The second-order valence-electron chi connectivity index (χ2n) is 5.51. The van der Waals surface area contributed by atoms with Crippen LogP contribution in [-0.4, -0.2) is 43.4 Å². The molecule has 0 radical (unpaired) electrons. The van der Waals surface area contributed by atoms with Crippen LogP contribution in [0.25, 0.3) is 0 Å². The quantitative estimate of drug-likeness (QED) is 0.867. The van der Waals surface area contributed by atoms with E-state index < -0.39 is 21.9 Å². The minimum Gasteiger partial charge on any atom is -0.481 e. The van der Waals surface area contributed by atoms with Gasteiger partial charge >= 0.3 is 5.97 Å². The van der Waals surface area contributed by atoms with E-state index in [4.69, 9.17) is 5.11 Å². The van der Waals surface area contributed by atoms with E-state index in [9.17, 15) is 13.2 Å². The van der Waals surface area contributed by atoms with Gasteiger partial charge in [-0.3, -0.25) is 4.79 Å². The van der Waals surface area contributed by atoms with Gasteiger partial charge in [-0.1, -0.05) is 6.07 Å². The van der Waals surface area contributed by atoms with Crippen molar-refractivity contribution in [2.75, 3.05) is 25.0 Å². The summed E-state index contributed by atoms with van der Waals surface area (Å²) in [4.78, 5) is 11.2. The van der Waals surface area contributed by atoms with Gasteiger partial charge in [0.2, 0.25) is 10.0 Å². The molecule has 0 aromatic heterocycles. The lowest BCUT2D eigenvalue weighted by atomic mass is 9.99. The van der Waals surface area contributed by atoms with Gasteiger partial charge in [-0.05, 0) is 37.0 Å². The van der Waals surface area contributed by atoms with Gasteiger partial charge in [0, 0.05) is 25.3 Å². The maximum atomic E-state index is 12.6. The van der Waals surface area contributed by atoms with Gasteiger partial charge in [0.1, 0.15) is 0 Å². The number of anilines is 1. The summed E-state index contributed by atoms with van der Waals surface area (Å²) in [5.41, 5.74) is 2.02. The Bertz CT molecular complexity index is 669. The molecule has 1 fully saturated rings. The van der Waals surface area contributed by atoms with Crippen molar-refractivity contribution in [3.05, 3.63) is 23.8 Å². The molecule has 1 saturated heterocycles. The summed E-state index contributed by atoms with van der Waals surface area (Å²) in [7, 11) is -3.53. The summed E-state index contributed by atoms with van der Waals surface area (Å²) in [6, 6.07) is 5.18. The van der Waals surface area contributed by atoms with Gasteiger partial charge < -0.3 is 10.4 Å². The lowest BCUT2D eigenvalue weighted by Gasteiger charge is -2.29. The number of nitrogens with one attached hydrogen (secondary N) is 1. The summed E-state index contributed by atoms with van der Waals surface area (Å²) in [5.74, 6) is -1.27. The molecule has 2 aliphatic rings. The highest BCUT2D eigenvalue weighted by Crippen LogP contribution is 2.29. The second kappa shape index (κ2) is 6.44. The summed E-state index contributed by atoms with van der Waals surface area (Å²) >= 11 is 0. The summed E-state index contributed by atoms with van der Waals surface area (Å²) in [6.45, 7) is 1.37. The Morgan fingerprint density at radius 1 is 1.27 bits per heavy atom. The third kappa shape index (κ3) is 3.06. The molecule has 22 heavy (non-hydrogen) atoms. The Kier molecular flexibility index (Phi) is 4.99. The summed E-state index contributed by atoms with van der Waals surface area (Å²) in [6.07, 6.45) is 1.66. The van der Waals surface area contributed by atoms with Crippen LogP contribution in [0.4, 0.5) is 5.69 Å². The van der Waals surface area contributed by atoms with Crippen molar-refractivity contribution in [1.29, 1.82) is 0 Å². The molecule has 0 spiro atoms. The number of nitrogens with zero attached hydrogens (tertiary/aromatic N) is 1. The van der Waals surface area contributed by atoms with Crippen LogP contribution in [0.3, 0.4) is 0 Å². The molecule has 1 aromatic rings. The van der Waals surface area contributed by atoms with Crippen LogP contribution < -0.4 is 5.32 Å². The first kappa shape index (κ1) is 17.1. The van der Waals surface area contributed by atoms with E-state index in [0.717, 1.165) is 24.2 Å². The van der Waals surface area contributed by atoms with Crippen molar-refractivity contribution in [2.24, 2.45) is 5.92 Å². The number of rotatable bonds is 3. The van der Waals surface area contributed by atoms with E-state index in [-0.39, 0.29) is 30.4 Å². The average Bonchev–Trinajstić information content (AvgIpc) is 2.94. The highest BCUT2D eigenvalue weighted by molar-refractivity contribution is 7.89. The maximum absolute atomic E-state index is 12.6. The number of sulfonamides is 1. The number of aliphatic carboxylic acids is 1. The lowest BCUT2D eigenvalue weighted by molar-refractivity contribution is -0.142. The number of fused-ring (bicyclic) bond motifs is 1. The Balaban J connectivity index is 0.00000176. The van der Waals surface area contributed by atoms with Gasteiger partial charge in [0.15, 0.2) is 0 Å². The van der Waals surface area contributed by atoms with Gasteiger partial charge in [0.05, 0.1) is 10.8 Å². The van der Waals surface area contributed by atoms with Crippen molar-refractivity contribution < 1.29 is 18.3 Å². The molecule has 0 bridgehead atoms. The molecule has 122 valence electrons. The van der Waals surface area contributed by atoms with E-state index in [1.54, 1.807) is 12.1 Å². The number of benzene rings is 1. The van der Waals surface area contributed by atoms with E-state index in [2.05, 4.69) is 5.32 Å². The molecule has 0 saturated carbocycles. The number of carbonyl (C=O) groups is 1. The minimum atomic E-state index is -3.53. The van der Waals surface area contributed by atoms with Crippen LogP contribution in [0, 0.1) is 5.92 Å². The largest absolute Gasteiger partial charge is 0.481 e. The van der Waals surface area contributed by atoms with Crippen LogP contribution in [0.5, 0.6) is 0 Å². The van der Waals surface area contributed by atoms with Crippen LogP contribution in [0.15, 0.2) is 23.1 Å². The molecule has 0 atom stereocenters. The van der Waals surface area contributed by atoms with Gasteiger partial charge in [-0.25, -0.2) is 8.42 Å². The molecule has 0 aliphatic carbocycles. The fourth-order valence-corrected chi connectivity index (χ4v) is 4.42. The third-order valence-corrected chi connectivity index (χ3v) is 6.13. The fraction of sp³-hybridized carbons (Fsp3) is 0.500. The number of carboxylic acids is 1. The summed E-state index contributed by atoms with van der Waals surface area (Å²) < 4.78 is 26.6. The van der Waals surface area contributed by atoms with E-state index in [1.165, 1.54) is 4.31 Å². The number of hydrogen-bond acceptors (Lipinski definition) is 4. The van der Waals surface area contributed by atoms with Crippen molar-refractivity contribution in [3.63, 3.8) is 0 Å². The molecule has 0 amide bonds. The fourth-order valence-electron chi connectivity index (χ4n) is 2.92. The molecular formula is C14H19ClN2O4S. The first-order chi connectivity index (χ1) is 9.98. The molecule has 6 nitrogen and oxygen atoms in total. The zero-order chi connectivity index (χ0) is 15.0. The number of piperidine rings is 1. The van der Waals surface area contributed by atoms with Crippen molar-refractivity contribution in [2.45, 2.75) is 24.2 Å². The predicted octanol–water partition coefficient (Wildman–Crippen LogP) is 1.56. The zero-order valence-electron chi connectivity index (χ0n) is 12.0. The van der Waals surface area contributed by atoms with Crippen LogP contribution in [0.1, 0.15) is 18.4 Å². The highest BCUT2D eigenvalue weighted by atomic mass is 35.5. The molecule has 1 aromatic carbocycles. The van der Waals surface area contributed by atoms with Crippen LogP contribution >= 0.6 is 12.4 Å². The van der Waals surface area contributed by atoms with E-state index >= 15 is 0 Å².